The second-order valence-electron chi connectivity index (χ2n) is 8.22. The van der Waals surface area contributed by atoms with Crippen molar-refractivity contribution < 1.29 is 9.90 Å². The summed E-state index contributed by atoms with van der Waals surface area (Å²) in [5, 5.41) is 11.2. The summed E-state index contributed by atoms with van der Waals surface area (Å²) in [4.78, 5) is 26.9. The fraction of sp³-hybridized carbons (Fsp3) is 0.120. The summed E-state index contributed by atoms with van der Waals surface area (Å²) in [5.41, 5.74) is 9.66. The lowest BCUT2D eigenvalue weighted by Gasteiger charge is -2.13. The summed E-state index contributed by atoms with van der Waals surface area (Å²) in [7, 11) is 4.00. The van der Waals surface area contributed by atoms with Crippen LogP contribution in [-0.4, -0.2) is 54.1 Å². The summed E-state index contributed by atoms with van der Waals surface area (Å²) in [6.07, 6.45) is 6.92. The van der Waals surface area contributed by atoms with Crippen molar-refractivity contribution in [2.45, 2.75) is 6.54 Å². The van der Waals surface area contributed by atoms with Gasteiger partial charge in [-0.1, -0.05) is 18.2 Å². The molecule has 0 fully saturated rings. The lowest BCUT2D eigenvalue weighted by Crippen LogP contribution is -2.14. The van der Waals surface area contributed by atoms with Gasteiger partial charge in [0.15, 0.2) is 5.75 Å². The SMILES string of the molecule is CN(C)Cc1nccn1-c1ccc(-c2ncc3ncn(-c4cccc(C(N)=O)c4)c3c2O)cc1. The van der Waals surface area contributed by atoms with Crippen molar-refractivity contribution in [2.75, 3.05) is 14.1 Å². The zero-order valence-corrected chi connectivity index (χ0v) is 18.8. The van der Waals surface area contributed by atoms with Crippen LogP contribution in [0.15, 0.2) is 73.4 Å². The molecule has 0 unspecified atom stereocenters. The van der Waals surface area contributed by atoms with E-state index in [9.17, 15) is 9.90 Å². The van der Waals surface area contributed by atoms with Crippen LogP contribution in [0.1, 0.15) is 16.2 Å². The highest BCUT2D eigenvalue weighted by Gasteiger charge is 2.17. The smallest absolute Gasteiger partial charge is 0.248 e. The van der Waals surface area contributed by atoms with Crippen molar-refractivity contribution in [3.63, 3.8) is 0 Å². The van der Waals surface area contributed by atoms with Gasteiger partial charge in [0, 0.05) is 34.9 Å². The number of nitrogens with two attached hydrogens (primary N) is 1. The summed E-state index contributed by atoms with van der Waals surface area (Å²) in [5.74, 6) is 0.412. The van der Waals surface area contributed by atoms with Crippen LogP contribution < -0.4 is 5.73 Å². The molecule has 0 saturated heterocycles. The second-order valence-corrected chi connectivity index (χ2v) is 8.22. The van der Waals surface area contributed by atoms with Crippen molar-refractivity contribution >= 4 is 16.9 Å². The number of amides is 1. The molecule has 0 bridgehead atoms. The van der Waals surface area contributed by atoms with E-state index in [0.29, 0.717) is 34.5 Å². The normalized spacial score (nSPS) is 11.4. The van der Waals surface area contributed by atoms with Gasteiger partial charge < -0.3 is 20.3 Å². The number of hydrogen-bond donors (Lipinski definition) is 2. The minimum Gasteiger partial charge on any atom is -0.504 e. The average molecular weight is 454 g/mol. The molecule has 0 atom stereocenters. The second kappa shape index (κ2) is 8.45. The first kappa shape index (κ1) is 21.4. The van der Waals surface area contributed by atoms with Crippen LogP contribution in [0.5, 0.6) is 5.75 Å². The van der Waals surface area contributed by atoms with Gasteiger partial charge in [0.25, 0.3) is 0 Å². The predicted molar refractivity (Wildman–Crippen MR) is 129 cm³/mol. The van der Waals surface area contributed by atoms with Gasteiger partial charge in [-0.15, -0.1) is 0 Å². The van der Waals surface area contributed by atoms with Gasteiger partial charge in [-0.05, 0) is 44.4 Å². The molecule has 5 rings (SSSR count). The zero-order chi connectivity index (χ0) is 23.8. The number of aromatic hydroxyl groups is 1. The minimum atomic E-state index is -0.524. The molecule has 0 aliphatic heterocycles. The number of hydrogen-bond acceptors (Lipinski definition) is 6. The van der Waals surface area contributed by atoms with Gasteiger partial charge in [0.05, 0.1) is 12.7 Å². The number of imidazole rings is 2. The molecule has 0 radical (unpaired) electrons. The third-order valence-electron chi connectivity index (χ3n) is 5.56. The van der Waals surface area contributed by atoms with Crippen LogP contribution in [0, 0.1) is 0 Å². The van der Waals surface area contributed by atoms with Crippen LogP contribution in [0.4, 0.5) is 0 Å². The van der Waals surface area contributed by atoms with E-state index in [1.54, 1.807) is 41.5 Å². The van der Waals surface area contributed by atoms with Crippen molar-refractivity contribution in [3.05, 3.63) is 84.8 Å². The number of pyridine rings is 1. The van der Waals surface area contributed by atoms with Gasteiger partial charge in [-0.3, -0.25) is 9.36 Å². The Kier molecular flexibility index (Phi) is 5.31. The quantitative estimate of drug-likeness (QED) is 0.408. The van der Waals surface area contributed by atoms with Crippen LogP contribution in [-0.2, 0) is 6.54 Å². The highest BCUT2D eigenvalue weighted by atomic mass is 16.3. The molecule has 1 amide bonds. The van der Waals surface area contributed by atoms with Crippen molar-refractivity contribution in [2.24, 2.45) is 5.73 Å². The minimum absolute atomic E-state index is 0.00292. The van der Waals surface area contributed by atoms with Crippen LogP contribution >= 0.6 is 0 Å². The summed E-state index contributed by atoms with van der Waals surface area (Å²) < 4.78 is 3.75. The summed E-state index contributed by atoms with van der Waals surface area (Å²) in [6.45, 7) is 0.717. The Labute approximate surface area is 195 Å². The number of carbonyl (C=O) groups is 1. The number of primary amides is 1. The first-order valence-corrected chi connectivity index (χ1v) is 10.7. The topological polar surface area (TPSA) is 115 Å². The maximum absolute atomic E-state index is 11.6. The molecule has 9 heteroatoms. The molecule has 170 valence electrons. The molecule has 3 heterocycles. The molecule has 5 aromatic rings. The zero-order valence-electron chi connectivity index (χ0n) is 18.8. The fourth-order valence-corrected chi connectivity index (χ4v) is 3.96. The molecule has 9 nitrogen and oxygen atoms in total. The van der Waals surface area contributed by atoms with E-state index in [-0.39, 0.29) is 5.75 Å². The van der Waals surface area contributed by atoms with Gasteiger partial charge in [0.1, 0.15) is 28.9 Å². The van der Waals surface area contributed by atoms with E-state index in [1.807, 2.05) is 55.2 Å². The first-order chi connectivity index (χ1) is 16.4. The molecular weight excluding hydrogens is 430 g/mol. The van der Waals surface area contributed by atoms with Crippen molar-refractivity contribution in [1.29, 1.82) is 0 Å². The molecule has 0 spiro atoms. The average Bonchev–Trinajstić information content (AvgIpc) is 3.47. The molecule has 0 saturated carbocycles. The number of aromatic nitrogens is 5. The monoisotopic (exact) mass is 453 g/mol. The van der Waals surface area contributed by atoms with Crippen LogP contribution in [0.2, 0.25) is 0 Å². The summed E-state index contributed by atoms with van der Waals surface area (Å²) in [6, 6.07) is 14.6. The maximum atomic E-state index is 11.6. The lowest BCUT2D eigenvalue weighted by molar-refractivity contribution is 0.1000. The molecule has 34 heavy (non-hydrogen) atoms. The Morgan fingerprint density at radius 3 is 2.56 bits per heavy atom. The third-order valence-corrected chi connectivity index (χ3v) is 5.56. The molecule has 2 aromatic carbocycles. The number of nitrogens with zero attached hydrogens (tertiary/aromatic N) is 6. The van der Waals surface area contributed by atoms with Gasteiger partial charge in [-0.25, -0.2) is 15.0 Å². The number of rotatable bonds is 6. The third kappa shape index (κ3) is 3.78. The van der Waals surface area contributed by atoms with E-state index in [2.05, 4.69) is 19.9 Å². The molecule has 0 aliphatic rings. The predicted octanol–water partition coefficient (Wildman–Crippen LogP) is 3.14. The number of fused-ring (bicyclic) bond motifs is 1. The maximum Gasteiger partial charge on any atom is 0.248 e. The summed E-state index contributed by atoms with van der Waals surface area (Å²) >= 11 is 0. The first-order valence-electron chi connectivity index (χ1n) is 10.7. The van der Waals surface area contributed by atoms with E-state index in [0.717, 1.165) is 17.1 Å². The van der Waals surface area contributed by atoms with E-state index in [4.69, 9.17) is 5.73 Å². The van der Waals surface area contributed by atoms with Crippen LogP contribution in [0.3, 0.4) is 0 Å². The number of benzene rings is 2. The van der Waals surface area contributed by atoms with E-state index >= 15 is 0 Å². The Balaban J connectivity index is 1.55. The van der Waals surface area contributed by atoms with Crippen molar-refractivity contribution in [1.82, 2.24) is 29.0 Å². The van der Waals surface area contributed by atoms with E-state index in [1.165, 1.54) is 0 Å². The molecule has 3 N–H and O–H groups in total. The Bertz CT molecular complexity index is 1500. The van der Waals surface area contributed by atoms with Gasteiger partial charge in [-0.2, -0.15) is 0 Å². The number of carbonyl (C=O) groups excluding carboxylic acids is 1. The molecule has 0 aliphatic carbocycles. The Morgan fingerprint density at radius 2 is 1.82 bits per heavy atom. The van der Waals surface area contributed by atoms with Gasteiger partial charge >= 0.3 is 0 Å². The Hall–Kier alpha value is -4.50. The lowest BCUT2D eigenvalue weighted by atomic mass is 10.1. The van der Waals surface area contributed by atoms with E-state index < -0.39 is 5.91 Å². The highest BCUT2D eigenvalue weighted by molar-refractivity contribution is 5.94. The highest BCUT2D eigenvalue weighted by Crippen LogP contribution is 2.35. The van der Waals surface area contributed by atoms with Gasteiger partial charge in [0.2, 0.25) is 5.91 Å². The standard InChI is InChI=1S/C25H23N7O2/c1-30(2)14-21-27-10-11-31(21)18-8-6-16(7-9-18)22-24(33)23-20(13-28-22)29-15-32(23)19-5-3-4-17(12-19)25(26)34/h3-13,15,33H,14H2,1-2H3,(H2,26,34). The van der Waals surface area contributed by atoms with Crippen LogP contribution in [0.25, 0.3) is 33.7 Å². The molecular formula is C25H23N7O2. The largest absolute Gasteiger partial charge is 0.504 e. The molecule has 3 aromatic heterocycles. The Morgan fingerprint density at radius 1 is 1.03 bits per heavy atom. The fourth-order valence-electron chi connectivity index (χ4n) is 3.96. The van der Waals surface area contributed by atoms with Crippen molar-refractivity contribution in [3.8, 4) is 28.4 Å².